The highest BCUT2D eigenvalue weighted by Gasteiger charge is 2.13. The maximum Gasteiger partial charge on any atom is 0.238 e. The lowest BCUT2D eigenvalue weighted by Gasteiger charge is -2.11. The second-order valence-corrected chi connectivity index (χ2v) is 7.71. The lowest BCUT2D eigenvalue weighted by molar-refractivity contribution is 0.370. The second-order valence-electron chi connectivity index (χ2n) is 6.18. The molecule has 0 saturated carbocycles. The summed E-state index contributed by atoms with van der Waals surface area (Å²) >= 11 is 0. The number of hydrogen-bond acceptors (Lipinski definition) is 7. The summed E-state index contributed by atoms with van der Waals surface area (Å²) in [6.45, 7) is 1.78. The number of hydrogen-bond donors (Lipinski definition) is 3. The topological polar surface area (TPSA) is 119 Å². The summed E-state index contributed by atoms with van der Waals surface area (Å²) in [5.74, 6) is 2.28. The monoisotopic (exact) mass is 427 g/mol. The number of ether oxygens (including phenoxy) is 1. The van der Waals surface area contributed by atoms with Gasteiger partial charge in [0, 0.05) is 11.4 Å². The molecule has 30 heavy (non-hydrogen) atoms. The highest BCUT2D eigenvalue weighted by molar-refractivity contribution is 7.89. The van der Waals surface area contributed by atoms with Crippen molar-refractivity contribution >= 4 is 33.2 Å². The molecule has 0 aliphatic carbocycles. The van der Waals surface area contributed by atoms with E-state index in [1.54, 1.807) is 43.3 Å². The molecule has 0 bridgehead atoms. The summed E-state index contributed by atoms with van der Waals surface area (Å²) in [7, 11) is -3.89. The van der Waals surface area contributed by atoms with Crippen molar-refractivity contribution in [3.63, 3.8) is 0 Å². The van der Waals surface area contributed by atoms with E-state index in [0.29, 0.717) is 22.7 Å². The van der Waals surface area contributed by atoms with Crippen molar-refractivity contribution in [1.82, 2.24) is 9.97 Å². The van der Waals surface area contributed by atoms with Crippen LogP contribution in [0.15, 0.2) is 53.6 Å². The molecule has 0 aliphatic rings. The third-order valence-electron chi connectivity index (χ3n) is 3.93. The first-order valence-corrected chi connectivity index (χ1v) is 10.2. The van der Waals surface area contributed by atoms with Gasteiger partial charge in [0.15, 0.2) is 11.6 Å². The first-order valence-electron chi connectivity index (χ1n) is 8.62. The highest BCUT2D eigenvalue weighted by Crippen LogP contribution is 2.24. The van der Waals surface area contributed by atoms with Crippen LogP contribution in [0.2, 0.25) is 0 Å². The normalized spacial score (nSPS) is 10.9. The lowest BCUT2D eigenvalue weighted by Crippen LogP contribution is -2.14. The average molecular weight is 427 g/mol. The van der Waals surface area contributed by atoms with Gasteiger partial charge in [0.1, 0.15) is 12.4 Å². The van der Waals surface area contributed by atoms with Crippen LogP contribution in [0.4, 0.5) is 27.5 Å². The maximum absolute atomic E-state index is 14.2. The van der Waals surface area contributed by atoms with Crippen LogP contribution < -0.4 is 20.5 Å². The molecule has 0 unspecified atom stereocenters. The molecule has 0 radical (unpaired) electrons. The number of aryl methyl sites for hydroxylation is 1. The minimum Gasteiger partial charge on any atom is -0.481 e. The summed E-state index contributed by atoms with van der Waals surface area (Å²) < 4.78 is 42.8. The van der Waals surface area contributed by atoms with Crippen LogP contribution in [0.25, 0.3) is 0 Å². The molecular formula is C20H18FN5O3S. The highest BCUT2D eigenvalue weighted by atomic mass is 32.2. The van der Waals surface area contributed by atoms with Crippen LogP contribution in [-0.4, -0.2) is 25.0 Å². The van der Waals surface area contributed by atoms with Crippen LogP contribution in [0, 0.1) is 25.1 Å². The molecule has 2 aromatic carbocycles. The molecule has 3 aromatic rings. The van der Waals surface area contributed by atoms with Gasteiger partial charge in [0.25, 0.3) is 0 Å². The Morgan fingerprint density at radius 1 is 1.17 bits per heavy atom. The van der Waals surface area contributed by atoms with Crippen molar-refractivity contribution in [2.45, 2.75) is 11.8 Å². The quantitative estimate of drug-likeness (QED) is 0.496. The minimum absolute atomic E-state index is 0.0277. The SMILES string of the molecule is C#CCOc1ccc(Nc2nc(Nc3ccc(C)c(S(N)(=O)=O)c3)ncc2F)cc1. The smallest absolute Gasteiger partial charge is 0.238 e. The molecular weight excluding hydrogens is 409 g/mol. The molecule has 3 rings (SSSR count). The van der Waals surface area contributed by atoms with Gasteiger partial charge in [-0.3, -0.25) is 0 Å². The summed E-state index contributed by atoms with van der Waals surface area (Å²) in [6, 6.07) is 11.3. The Morgan fingerprint density at radius 2 is 1.87 bits per heavy atom. The van der Waals surface area contributed by atoms with Gasteiger partial charge in [-0.1, -0.05) is 12.0 Å². The molecule has 10 heteroatoms. The lowest BCUT2D eigenvalue weighted by atomic mass is 10.2. The van der Waals surface area contributed by atoms with Gasteiger partial charge in [-0.2, -0.15) is 4.98 Å². The van der Waals surface area contributed by atoms with E-state index >= 15 is 0 Å². The van der Waals surface area contributed by atoms with Gasteiger partial charge in [-0.05, 0) is 48.9 Å². The van der Waals surface area contributed by atoms with Gasteiger partial charge in [0.2, 0.25) is 16.0 Å². The molecule has 0 fully saturated rings. The molecule has 1 heterocycles. The number of anilines is 4. The van der Waals surface area contributed by atoms with Gasteiger partial charge in [-0.25, -0.2) is 22.9 Å². The van der Waals surface area contributed by atoms with E-state index in [4.69, 9.17) is 16.3 Å². The third-order valence-corrected chi connectivity index (χ3v) is 4.99. The number of halogens is 1. The fourth-order valence-corrected chi connectivity index (χ4v) is 3.33. The van der Waals surface area contributed by atoms with E-state index < -0.39 is 15.8 Å². The Kier molecular flexibility index (Phi) is 6.15. The molecule has 8 nitrogen and oxygen atoms in total. The van der Waals surface area contributed by atoms with Gasteiger partial charge >= 0.3 is 0 Å². The van der Waals surface area contributed by atoms with Gasteiger partial charge in [-0.15, -0.1) is 6.42 Å². The van der Waals surface area contributed by atoms with Crippen molar-refractivity contribution in [3.8, 4) is 18.1 Å². The molecule has 4 N–H and O–H groups in total. The number of nitrogens with zero attached hydrogens (tertiary/aromatic N) is 2. The summed E-state index contributed by atoms with van der Waals surface area (Å²) in [5, 5.41) is 10.9. The Morgan fingerprint density at radius 3 is 2.53 bits per heavy atom. The Hall–Kier alpha value is -3.68. The molecule has 0 spiro atoms. The molecule has 154 valence electrons. The van der Waals surface area contributed by atoms with Crippen molar-refractivity contribution in [1.29, 1.82) is 0 Å². The minimum atomic E-state index is -3.89. The first kappa shape index (κ1) is 21.0. The number of rotatable bonds is 7. The standard InChI is InChI=1S/C20H18FN5O3S/c1-3-10-29-16-8-6-14(7-9-16)24-19-17(21)12-23-20(26-19)25-15-5-4-13(2)18(11-15)30(22,27)28/h1,4-9,11-12H,10H2,2H3,(H2,22,27,28)(H2,23,24,25,26). The zero-order valence-corrected chi connectivity index (χ0v) is 16.7. The molecule has 0 amide bonds. The number of terminal acetylenes is 1. The number of nitrogens with one attached hydrogen (secondary N) is 2. The largest absolute Gasteiger partial charge is 0.481 e. The van der Waals surface area contributed by atoms with E-state index in [2.05, 4.69) is 26.5 Å². The fourth-order valence-electron chi connectivity index (χ4n) is 2.52. The van der Waals surface area contributed by atoms with Crippen molar-refractivity contribution in [2.24, 2.45) is 5.14 Å². The summed E-state index contributed by atoms with van der Waals surface area (Å²) in [4.78, 5) is 7.96. The van der Waals surface area contributed by atoms with E-state index in [1.165, 1.54) is 6.07 Å². The Labute approximate surface area is 173 Å². The number of nitrogens with two attached hydrogens (primary N) is 1. The number of aromatic nitrogens is 2. The number of primary sulfonamides is 1. The van der Waals surface area contributed by atoms with Crippen molar-refractivity contribution in [3.05, 3.63) is 60.0 Å². The third kappa shape index (κ3) is 5.22. The van der Waals surface area contributed by atoms with E-state index in [0.717, 1.165) is 6.20 Å². The zero-order chi connectivity index (χ0) is 21.7. The number of benzene rings is 2. The molecule has 0 atom stereocenters. The van der Waals surface area contributed by atoms with Crippen molar-refractivity contribution in [2.75, 3.05) is 17.2 Å². The average Bonchev–Trinajstić information content (AvgIpc) is 2.70. The van der Waals surface area contributed by atoms with E-state index in [1.807, 2.05) is 0 Å². The Balaban J connectivity index is 1.80. The van der Waals surface area contributed by atoms with Crippen molar-refractivity contribution < 1.29 is 17.5 Å². The number of sulfonamides is 1. The first-order chi connectivity index (χ1) is 14.3. The van der Waals surface area contributed by atoms with E-state index in [9.17, 15) is 12.8 Å². The Bertz CT molecular complexity index is 1210. The van der Waals surface area contributed by atoms with Crippen LogP contribution >= 0.6 is 0 Å². The second kappa shape index (κ2) is 8.77. The zero-order valence-electron chi connectivity index (χ0n) is 15.9. The van der Waals surface area contributed by atoms with Crippen LogP contribution in [0.5, 0.6) is 5.75 Å². The molecule has 0 saturated heterocycles. The van der Waals surface area contributed by atoms with E-state index in [-0.39, 0.29) is 23.3 Å². The molecule has 1 aromatic heterocycles. The fraction of sp³-hybridized carbons (Fsp3) is 0.100. The van der Waals surface area contributed by atoms with Gasteiger partial charge in [0.05, 0.1) is 11.1 Å². The summed E-state index contributed by atoms with van der Waals surface area (Å²) in [6.07, 6.45) is 6.14. The van der Waals surface area contributed by atoms with Crippen LogP contribution in [-0.2, 0) is 10.0 Å². The predicted molar refractivity (Wildman–Crippen MR) is 112 cm³/mol. The maximum atomic E-state index is 14.2. The van der Waals surface area contributed by atoms with Gasteiger partial charge < -0.3 is 15.4 Å². The van der Waals surface area contributed by atoms with Crippen LogP contribution in [0.1, 0.15) is 5.56 Å². The summed E-state index contributed by atoms with van der Waals surface area (Å²) in [5.41, 5.74) is 1.45. The predicted octanol–water partition coefficient (Wildman–Crippen LogP) is 3.07. The van der Waals surface area contributed by atoms with Crippen LogP contribution in [0.3, 0.4) is 0 Å². The molecule has 0 aliphatic heterocycles.